The Morgan fingerprint density at radius 1 is 1.05 bits per heavy atom. The summed E-state index contributed by atoms with van der Waals surface area (Å²) in [6.45, 7) is 0. The van der Waals surface area contributed by atoms with Crippen molar-refractivity contribution in [1.82, 2.24) is 0 Å². The highest BCUT2D eigenvalue weighted by molar-refractivity contribution is 5.74. The molecule has 2 rings (SSSR count). The number of halogens is 3. The van der Waals surface area contributed by atoms with Crippen LogP contribution in [0.1, 0.15) is 21.5 Å². The minimum Gasteiger partial charge on any atom is -0.507 e. The molecule has 0 saturated heterocycles. The van der Waals surface area contributed by atoms with E-state index in [-0.39, 0.29) is 12.0 Å². The second kappa shape index (κ2) is 5.14. The summed E-state index contributed by atoms with van der Waals surface area (Å²) in [6.07, 6.45) is 0.549. The van der Waals surface area contributed by atoms with Gasteiger partial charge in [0.25, 0.3) is 0 Å². The van der Waals surface area contributed by atoms with Crippen LogP contribution in [-0.4, -0.2) is 11.4 Å². The largest absolute Gasteiger partial charge is 0.507 e. The van der Waals surface area contributed by atoms with Gasteiger partial charge in [-0.05, 0) is 5.56 Å². The first kappa shape index (κ1) is 13.1. The smallest absolute Gasteiger partial charge is 0.194 e. The van der Waals surface area contributed by atoms with E-state index in [4.69, 9.17) is 0 Å². The highest BCUT2D eigenvalue weighted by Crippen LogP contribution is 2.27. The average molecular weight is 266 g/mol. The summed E-state index contributed by atoms with van der Waals surface area (Å²) >= 11 is 0. The molecule has 0 bridgehead atoms. The Morgan fingerprint density at radius 2 is 1.68 bits per heavy atom. The molecule has 0 aliphatic rings. The number of aromatic hydroxyl groups is 1. The average Bonchev–Trinajstić information content (AvgIpc) is 2.42. The SMILES string of the molecule is O=Cc1ccc(Cc2c(O)cc(F)c(F)c2F)cc1. The van der Waals surface area contributed by atoms with Crippen LogP contribution in [0.5, 0.6) is 5.75 Å². The van der Waals surface area contributed by atoms with Crippen molar-refractivity contribution >= 4 is 6.29 Å². The number of phenols is 1. The Labute approximate surface area is 107 Å². The van der Waals surface area contributed by atoms with E-state index >= 15 is 0 Å². The number of phenolic OH excluding ortho intramolecular Hbond substituents is 1. The van der Waals surface area contributed by atoms with Crippen molar-refractivity contribution in [1.29, 1.82) is 0 Å². The zero-order chi connectivity index (χ0) is 14.0. The summed E-state index contributed by atoms with van der Waals surface area (Å²) in [4.78, 5) is 10.5. The topological polar surface area (TPSA) is 37.3 Å². The Balaban J connectivity index is 2.37. The molecule has 0 amide bonds. The van der Waals surface area contributed by atoms with Crippen molar-refractivity contribution in [2.24, 2.45) is 0 Å². The van der Waals surface area contributed by atoms with Crippen LogP contribution in [0.2, 0.25) is 0 Å². The van der Waals surface area contributed by atoms with Gasteiger partial charge >= 0.3 is 0 Å². The number of benzene rings is 2. The summed E-state index contributed by atoms with van der Waals surface area (Å²) in [6, 6.07) is 6.65. The molecule has 0 fully saturated rings. The van der Waals surface area contributed by atoms with Gasteiger partial charge < -0.3 is 5.11 Å². The predicted molar refractivity (Wildman–Crippen MR) is 62.6 cm³/mol. The molecule has 0 aliphatic heterocycles. The highest BCUT2D eigenvalue weighted by atomic mass is 19.2. The lowest BCUT2D eigenvalue weighted by Gasteiger charge is -2.08. The van der Waals surface area contributed by atoms with Gasteiger partial charge in [-0.15, -0.1) is 0 Å². The van der Waals surface area contributed by atoms with Crippen LogP contribution in [0.3, 0.4) is 0 Å². The molecule has 19 heavy (non-hydrogen) atoms. The van der Waals surface area contributed by atoms with Crippen LogP contribution in [-0.2, 0) is 6.42 Å². The van der Waals surface area contributed by atoms with Crippen LogP contribution in [0.15, 0.2) is 30.3 Å². The summed E-state index contributed by atoms with van der Waals surface area (Å²) in [5, 5.41) is 9.46. The Morgan fingerprint density at radius 3 is 2.26 bits per heavy atom. The first-order valence-corrected chi connectivity index (χ1v) is 5.42. The lowest BCUT2D eigenvalue weighted by atomic mass is 10.0. The second-order valence-corrected chi connectivity index (χ2v) is 4.02. The summed E-state index contributed by atoms with van der Waals surface area (Å²) < 4.78 is 39.5. The molecule has 98 valence electrons. The molecule has 0 unspecified atom stereocenters. The molecular formula is C14H9F3O2. The van der Waals surface area contributed by atoms with E-state index in [0.717, 1.165) is 0 Å². The molecule has 0 aromatic heterocycles. The normalized spacial score (nSPS) is 10.5. The van der Waals surface area contributed by atoms with Crippen molar-refractivity contribution in [3.63, 3.8) is 0 Å². The van der Waals surface area contributed by atoms with Crippen LogP contribution >= 0.6 is 0 Å². The van der Waals surface area contributed by atoms with E-state index in [2.05, 4.69) is 0 Å². The standard InChI is InChI=1S/C14H9F3O2/c15-11-6-12(19)10(13(16)14(11)17)5-8-1-3-9(7-18)4-2-8/h1-4,6-7,19H,5H2. The third-order valence-electron chi connectivity index (χ3n) is 2.74. The third-order valence-corrected chi connectivity index (χ3v) is 2.74. The number of aldehydes is 1. The fourth-order valence-corrected chi connectivity index (χ4v) is 1.71. The molecule has 2 aromatic rings. The zero-order valence-corrected chi connectivity index (χ0v) is 9.66. The molecule has 1 N–H and O–H groups in total. The minimum atomic E-state index is -1.61. The van der Waals surface area contributed by atoms with Crippen molar-refractivity contribution in [2.45, 2.75) is 6.42 Å². The van der Waals surface area contributed by atoms with Crippen LogP contribution < -0.4 is 0 Å². The molecule has 0 aliphatic carbocycles. The molecule has 0 saturated carbocycles. The van der Waals surface area contributed by atoms with E-state index in [9.17, 15) is 23.1 Å². The molecular weight excluding hydrogens is 257 g/mol. The lowest BCUT2D eigenvalue weighted by Crippen LogP contribution is -2.00. The quantitative estimate of drug-likeness (QED) is 0.684. The Hall–Kier alpha value is -2.30. The minimum absolute atomic E-state index is 0.103. The first-order chi connectivity index (χ1) is 9.02. The van der Waals surface area contributed by atoms with Gasteiger partial charge in [0, 0.05) is 23.6 Å². The van der Waals surface area contributed by atoms with Gasteiger partial charge in [-0.3, -0.25) is 4.79 Å². The van der Waals surface area contributed by atoms with E-state index in [1.165, 1.54) is 12.1 Å². The van der Waals surface area contributed by atoms with Crippen molar-refractivity contribution in [3.8, 4) is 5.75 Å². The number of hydrogen-bond acceptors (Lipinski definition) is 2. The lowest BCUT2D eigenvalue weighted by molar-refractivity contribution is 0.112. The summed E-state index contributed by atoms with van der Waals surface area (Å²) in [5.41, 5.74) is 0.683. The van der Waals surface area contributed by atoms with E-state index in [1.54, 1.807) is 12.1 Å². The van der Waals surface area contributed by atoms with Crippen LogP contribution in [0.25, 0.3) is 0 Å². The summed E-state index contributed by atoms with van der Waals surface area (Å²) in [7, 11) is 0. The Bertz CT molecular complexity index is 622. The molecule has 0 heterocycles. The Kier molecular flexibility index (Phi) is 3.55. The molecule has 2 nitrogen and oxygen atoms in total. The second-order valence-electron chi connectivity index (χ2n) is 4.02. The fourth-order valence-electron chi connectivity index (χ4n) is 1.71. The maximum absolute atomic E-state index is 13.5. The summed E-state index contributed by atoms with van der Waals surface area (Å²) in [5.74, 6) is -5.10. The fraction of sp³-hybridized carbons (Fsp3) is 0.0714. The van der Waals surface area contributed by atoms with E-state index in [0.29, 0.717) is 23.5 Å². The van der Waals surface area contributed by atoms with E-state index < -0.39 is 23.2 Å². The van der Waals surface area contributed by atoms with Crippen molar-refractivity contribution in [2.75, 3.05) is 0 Å². The molecule has 0 spiro atoms. The predicted octanol–water partition coefficient (Wildman–Crippen LogP) is 3.21. The van der Waals surface area contributed by atoms with Crippen LogP contribution in [0.4, 0.5) is 13.2 Å². The van der Waals surface area contributed by atoms with Gasteiger partial charge in [0.1, 0.15) is 12.0 Å². The van der Waals surface area contributed by atoms with Gasteiger partial charge in [-0.2, -0.15) is 0 Å². The first-order valence-electron chi connectivity index (χ1n) is 5.42. The van der Waals surface area contributed by atoms with Gasteiger partial charge in [0.05, 0.1) is 0 Å². The molecule has 0 atom stereocenters. The molecule has 2 aromatic carbocycles. The monoisotopic (exact) mass is 266 g/mol. The maximum atomic E-state index is 13.5. The van der Waals surface area contributed by atoms with Gasteiger partial charge in [0.2, 0.25) is 0 Å². The third kappa shape index (κ3) is 2.59. The van der Waals surface area contributed by atoms with Gasteiger partial charge in [0.15, 0.2) is 17.5 Å². The number of carbonyl (C=O) groups excluding carboxylic acids is 1. The van der Waals surface area contributed by atoms with Gasteiger partial charge in [-0.1, -0.05) is 24.3 Å². The number of carbonyl (C=O) groups is 1. The zero-order valence-electron chi connectivity index (χ0n) is 9.66. The molecule has 0 radical (unpaired) electrons. The number of hydrogen-bond donors (Lipinski definition) is 1. The van der Waals surface area contributed by atoms with Crippen LogP contribution in [0, 0.1) is 17.5 Å². The van der Waals surface area contributed by atoms with E-state index in [1.807, 2.05) is 0 Å². The molecule has 5 heteroatoms. The van der Waals surface area contributed by atoms with Crippen molar-refractivity contribution in [3.05, 3.63) is 64.5 Å². The highest BCUT2D eigenvalue weighted by Gasteiger charge is 2.18. The number of rotatable bonds is 3. The van der Waals surface area contributed by atoms with Crippen molar-refractivity contribution < 1.29 is 23.1 Å². The maximum Gasteiger partial charge on any atom is 0.194 e. The van der Waals surface area contributed by atoms with Gasteiger partial charge in [-0.25, -0.2) is 13.2 Å².